The third kappa shape index (κ3) is 5.81. The second-order valence-corrected chi connectivity index (χ2v) is 6.40. The Bertz CT molecular complexity index is 507. The van der Waals surface area contributed by atoms with Gasteiger partial charge in [0.05, 0.1) is 6.54 Å². The van der Waals surface area contributed by atoms with E-state index < -0.39 is 0 Å². The van der Waals surface area contributed by atoms with Crippen molar-refractivity contribution in [2.45, 2.75) is 20.4 Å². The van der Waals surface area contributed by atoms with Crippen LogP contribution in [0.4, 0.5) is 0 Å². The smallest absolute Gasteiger partial charge is 0.237 e. The number of likely N-dealkylation sites (N-methyl/N-ethyl adjacent to an activating group) is 1. The van der Waals surface area contributed by atoms with Gasteiger partial charge in [-0.3, -0.25) is 14.6 Å². The summed E-state index contributed by atoms with van der Waals surface area (Å²) in [5, 5.41) is 0. The van der Waals surface area contributed by atoms with Crippen molar-refractivity contribution >= 4 is 5.91 Å². The van der Waals surface area contributed by atoms with E-state index in [1.165, 1.54) is 5.56 Å². The van der Waals surface area contributed by atoms with E-state index in [2.05, 4.69) is 46.7 Å². The Balaban J connectivity index is 1.75. The lowest BCUT2D eigenvalue weighted by Crippen LogP contribution is -2.49. The third-order valence-corrected chi connectivity index (χ3v) is 4.27. The summed E-state index contributed by atoms with van der Waals surface area (Å²) in [6.07, 6.45) is 0. The highest BCUT2D eigenvalue weighted by Crippen LogP contribution is 2.09. The first-order valence-electron chi connectivity index (χ1n) is 8.49. The average molecular weight is 315 g/mol. The molecule has 1 heterocycles. The molecule has 1 fully saturated rings. The first kappa shape index (κ1) is 17.7. The number of benzene rings is 1. The molecule has 0 atom stereocenters. The van der Waals surface area contributed by atoms with Gasteiger partial charge < -0.3 is 4.90 Å². The summed E-state index contributed by atoms with van der Waals surface area (Å²) < 4.78 is 0. The summed E-state index contributed by atoms with van der Waals surface area (Å²) in [5.41, 5.74) is 2.39. The van der Waals surface area contributed by atoms with Crippen LogP contribution in [0, 0.1) is 0 Å². The maximum Gasteiger partial charge on any atom is 0.237 e. The van der Waals surface area contributed by atoms with Crippen molar-refractivity contribution in [3.8, 4) is 0 Å². The van der Waals surface area contributed by atoms with Crippen LogP contribution < -0.4 is 0 Å². The van der Waals surface area contributed by atoms with Crippen molar-refractivity contribution in [1.82, 2.24) is 14.7 Å². The van der Waals surface area contributed by atoms with Crippen molar-refractivity contribution in [2.24, 2.45) is 0 Å². The van der Waals surface area contributed by atoms with Crippen LogP contribution in [0.3, 0.4) is 0 Å². The standard InChI is InChI=1S/C19H29N3O/c1-4-22(14-17(2)3)19(23)16-21-12-10-20(11-13-21)15-18-8-6-5-7-9-18/h5-9H,2,4,10-16H2,1,3H3. The zero-order chi connectivity index (χ0) is 16.7. The number of piperazine rings is 1. The van der Waals surface area contributed by atoms with Crippen molar-refractivity contribution in [2.75, 3.05) is 45.8 Å². The zero-order valence-corrected chi connectivity index (χ0v) is 14.5. The molecule has 1 saturated heterocycles. The van der Waals surface area contributed by atoms with Crippen LogP contribution in [0.1, 0.15) is 19.4 Å². The van der Waals surface area contributed by atoms with Gasteiger partial charge in [-0.25, -0.2) is 0 Å². The van der Waals surface area contributed by atoms with Gasteiger partial charge in [-0.15, -0.1) is 0 Å². The molecule has 4 nitrogen and oxygen atoms in total. The Morgan fingerprint density at radius 3 is 2.30 bits per heavy atom. The van der Waals surface area contributed by atoms with Crippen LogP contribution in [-0.2, 0) is 11.3 Å². The molecule has 126 valence electrons. The van der Waals surface area contributed by atoms with Gasteiger partial charge in [0.2, 0.25) is 5.91 Å². The molecule has 1 amide bonds. The van der Waals surface area contributed by atoms with Gasteiger partial charge in [-0.2, -0.15) is 0 Å². The quantitative estimate of drug-likeness (QED) is 0.722. The van der Waals surface area contributed by atoms with Gasteiger partial charge in [0, 0.05) is 45.8 Å². The Labute approximate surface area is 140 Å². The van der Waals surface area contributed by atoms with Gasteiger partial charge in [-0.1, -0.05) is 42.5 Å². The molecule has 4 heteroatoms. The molecule has 0 radical (unpaired) electrons. The first-order chi connectivity index (χ1) is 11.1. The zero-order valence-electron chi connectivity index (χ0n) is 14.5. The minimum absolute atomic E-state index is 0.215. The van der Waals surface area contributed by atoms with Crippen molar-refractivity contribution in [1.29, 1.82) is 0 Å². The summed E-state index contributed by atoms with van der Waals surface area (Å²) in [5.74, 6) is 0.215. The van der Waals surface area contributed by atoms with E-state index in [0.29, 0.717) is 13.1 Å². The molecule has 1 aliphatic heterocycles. The molecular weight excluding hydrogens is 286 g/mol. The van der Waals surface area contributed by atoms with E-state index >= 15 is 0 Å². The highest BCUT2D eigenvalue weighted by atomic mass is 16.2. The number of hydrogen-bond donors (Lipinski definition) is 0. The summed E-state index contributed by atoms with van der Waals surface area (Å²) in [7, 11) is 0. The normalized spacial score (nSPS) is 16.3. The van der Waals surface area contributed by atoms with E-state index in [-0.39, 0.29) is 5.91 Å². The fourth-order valence-corrected chi connectivity index (χ4v) is 2.94. The fraction of sp³-hybridized carbons (Fsp3) is 0.526. The lowest BCUT2D eigenvalue weighted by atomic mass is 10.2. The summed E-state index contributed by atoms with van der Waals surface area (Å²) in [6.45, 7) is 14.8. The maximum atomic E-state index is 12.4. The van der Waals surface area contributed by atoms with Crippen LogP contribution in [0.2, 0.25) is 0 Å². The molecule has 0 unspecified atom stereocenters. The number of carbonyl (C=O) groups excluding carboxylic acids is 1. The fourth-order valence-electron chi connectivity index (χ4n) is 2.94. The van der Waals surface area contributed by atoms with Gasteiger partial charge >= 0.3 is 0 Å². The van der Waals surface area contributed by atoms with Crippen LogP contribution in [0.5, 0.6) is 0 Å². The molecule has 1 aromatic rings. The number of amides is 1. The Kier molecular flexibility index (Phi) is 6.81. The van der Waals surface area contributed by atoms with E-state index in [1.54, 1.807) is 0 Å². The maximum absolute atomic E-state index is 12.4. The third-order valence-electron chi connectivity index (χ3n) is 4.27. The molecule has 1 aliphatic rings. The van der Waals surface area contributed by atoms with Crippen LogP contribution >= 0.6 is 0 Å². The van der Waals surface area contributed by atoms with Crippen molar-refractivity contribution < 1.29 is 4.79 Å². The van der Waals surface area contributed by atoms with Crippen LogP contribution in [0.25, 0.3) is 0 Å². The van der Waals surface area contributed by atoms with E-state index in [4.69, 9.17) is 0 Å². The number of hydrogen-bond acceptors (Lipinski definition) is 3. The molecule has 0 spiro atoms. The minimum Gasteiger partial charge on any atom is -0.338 e. The second-order valence-electron chi connectivity index (χ2n) is 6.40. The largest absolute Gasteiger partial charge is 0.338 e. The van der Waals surface area contributed by atoms with Gasteiger partial charge in [0.1, 0.15) is 0 Å². The van der Waals surface area contributed by atoms with Crippen molar-refractivity contribution in [3.05, 3.63) is 48.0 Å². The van der Waals surface area contributed by atoms with E-state index in [0.717, 1.165) is 44.8 Å². The molecule has 1 aromatic carbocycles. The summed E-state index contributed by atoms with van der Waals surface area (Å²) in [6, 6.07) is 10.6. The molecule has 2 rings (SSSR count). The molecular formula is C19H29N3O. The molecule has 0 aromatic heterocycles. The molecule has 0 N–H and O–H groups in total. The Morgan fingerprint density at radius 1 is 1.13 bits per heavy atom. The van der Waals surface area contributed by atoms with Gasteiger partial charge in [0.25, 0.3) is 0 Å². The second kappa shape index (κ2) is 8.85. The molecule has 0 bridgehead atoms. The molecule has 23 heavy (non-hydrogen) atoms. The predicted octanol–water partition coefficient (Wildman–Crippen LogP) is 2.23. The van der Waals surface area contributed by atoms with Crippen LogP contribution in [-0.4, -0.2) is 66.4 Å². The Hall–Kier alpha value is -1.65. The summed E-state index contributed by atoms with van der Waals surface area (Å²) in [4.78, 5) is 19.0. The predicted molar refractivity (Wildman–Crippen MR) is 95.2 cm³/mol. The van der Waals surface area contributed by atoms with Gasteiger partial charge in [-0.05, 0) is 19.4 Å². The summed E-state index contributed by atoms with van der Waals surface area (Å²) >= 11 is 0. The van der Waals surface area contributed by atoms with Gasteiger partial charge in [0.15, 0.2) is 0 Å². The lowest BCUT2D eigenvalue weighted by Gasteiger charge is -2.35. The molecule has 0 saturated carbocycles. The first-order valence-corrected chi connectivity index (χ1v) is 8.49. The topological polar surface area (TPSA) is 26.8 Å². The minimum atomic E-state index is 0.215. The highest BCUT2D eigenvalue weighted by molar-refractivity contribution is 5.78. The average Bonchev–Trinajstić information content (AvgIpc) is 2.55. The lowest BCUT2D eigenvalue weighted by molar-refractivity contribution is -0.132. The molecule has 0 aliphatic carbocycles. The SMILES string of the molecule is C=C(C)CN(CC)C(=O)CN1CCN(Cc2ccccc2)CC1. The highest BCUT2D eigenvalue weighted by Gasteiger charge is 2.21. The number of rotatable bonds is 7. The number of carbonyl (C=O) groups is 1. The monoisotopic (exact) mass is 315 g/mol. The van der Waals surface area contributed by atoms with Crippen molar-refractivity contribution in [3.63, 3.8) is 0 Å². The number of nitrogens with zero attached hydrogens (tertiary/aromatic N) is 3. The Morgan fingerprint density at radius 2 is 1.74 bits per heavy atom. The van der Waals surface area contributed by atoms with Crippen LogP contribution in [0.15, 0.2) is 42.5 Å². The van der Waals surface area contributed by atoms with E-state index in [1.807, 2.05) is 18.7 Å². The van der Waals surface area contributed by atoms with E-state index in [9.17, 15) is 4.79 Å².